The first-order valence-electron chi connectivity index (χ1n) is 10.5. The highest BCUT2D eigenvalue weighted by atomic mass is 16.6. The Bertz CT molecular complexity index is 1160. The first-order valence-corrected chi connectivity index (χ1v) is 10.5. The monoisotopic (exact) mass is 445 g/mol. The van der Waals surface area contributed by atoms with Crippen LogP contribution in [0.25, 0.3) is 11.1 Å². The number of carbonyl (C=O) groups excluding carboxylic acids is 2. The lowest BCUT2D eigenvalue weighted by Crippen LogP contribution is -2.49. The van der Waals surface area contributed by atoms with E-state index in [1.165, 1.54) is 12.1 Å². The Morgan fingerprint density at radius 3 is 1.97 bits per heavy atom. The number of benzene rings is 3. The van der Waals surface area contributed by atoms with Crippen LogP contribution < -0.4 is 0 Å². The van der Waals surface area contributed by atoms with Gasteiger partial charge in [-0.25, -0.2) is 14.5 Å². The smallest absolute Gasteiger partial charge is 0.417 e. The fraction of sp³-hybridized carbons (Fsp3) is 0.192. The lowest BCUT2D eigenvalue weighted by Gasteiger charge is -2.26. The molecular formula is C26H23NO6. The topological polar surface area (TPSA) is 104 Å². The minimum Gasteiger partial charge on any atom is -0.508 e. The number of aromatic hydroxyl groups is 1. The van der Waals surface area contributed by atoms with Gasteiger partial charge in [0.05, 0.1) is 0 Å². The number of hydrogen-bond donors (Lipinski definition) is 2. The molecule has 0 heterocycles. The van der Waals surface area contributed by atoms with Gasteiger partial charge in [0.15, 0.2) is 0 Å². The molecule has 4 rings (SSSR count). The number of carboxylic acids is 1. The molecule has 1 atom stereocenters. The Kier molecular flexibility index (Phi) is 6.13. The maximum atomic E-state index is 12.9. The van der Waals surface area contributed by atoms with Crippen LogP contribution in [0.1, 0.15) is 29.5 Å². The predicted octanol–water partition coefficient (Wildman–Crippen LogP) is 4.19. The molecule has 0 aliphatic heterocycles. The van der Waals surface area contributed by atoms with E-state index in [0.717, 1.165) is 29.2 Å². The predicted molar refractivity (Wildman–Crippen MR) is 121 cm³/mol. The van der Waals surface area contributed by atoms with Crippen LogP contribution >= 0.6 is 0 Å². The minimum absolute atomic E-state index is 0.0256. The molecule has 1 aliphatic carbocycles. The highest BCUT2D eigenvalue weighted by molar-refractivity contribution is 5.95. The molecule has 7 nitrogen and oxygen atoms in total. The van der Waals surface area contributed by atoms with Crippen molar-refractivity contribution in [2.24, 2.45) is 0 Å². The number of fused-ring (bicyclic) bond motifs is 3. The third-order valence-corrected chi connectivity index (χ3v) is 5.83. The second-order valence-electron chi connectivity index (χ2n) is 7.92. The van der Waals surface area contributed by atoms with Crippen LogP contribution in [0.5, 0.6) is 5.75 Å². The Balaban J connectivity index is 1.54. The SMILES string of the molecule is CC(=O)N(C(=O)OCC1c2ccccc2-c2ccccc21)[C@@H](Cc1ccc(O)cc1)C(=O)O. The summed E-state index contributed by atoms with van der Waals surface area (Å²) in [6, 6.07) is 20.2. The summed E-state index contributed by atoms with van der Waals surface area (Å²) in [4.78, 5) is 37.8. The van der Waals surface area contributed by atoms with E-state index in [9.17, 15) is 24.6 Å². The molecule has 0 spiro atoms. The largest absolute Gasteiger partial charge is 0.508 e. The first-order chi connectivity index (χ1) is 15.9. The molecule has 0 aromatic heterocycles. The van der Waals surface area contributed by atoms with Gasteiger partial charge in [0.1, 0.15) is 18.4 Å². The zero-order valence-corrected chi connectivity index (χ0v) is 18.0. The molecule has 0 radical (unpaired) electrons. The van der Waals surface area contributed by atoms with Crippen LogP contribution in [0, 0.1) is 0 Å². The molecule has 2 N–H and O–H groups in total. The van der Waals surface area contributed by atoms with Crippen LogP contribution in [0.15, 0.2) is 72.8 Å². The third kappa shape index (κ3) is 4.43. The van der Waals surface area contributed by atoms with Crippen molar-refractivity contribution < 1.29 is 29.3 Å². The van der Waals surface area contributed by atoms with Crippen LogP contribution in [-0.4, -0.2) is 45.7 Å². The van der Waals surface area contributed by atoms with E-state index < -0.39 is 24.0 Å². The number of imide groups is 1. The normalized spacial score (nSPS) is 13.0. The standard InChI is InChI=1S/C26H23NO6/c1-16(28)27(24(25(30)31)14-17-10-12-18(29)13-11-17)26(32)33-15-23-21-8-4-2-6-19(21)20-7-3-5-9-22(20)23/h2-13,23-24,29H,14-15H2,1H3,(H,30,31)/t24-/m0/s1. The van der Waals surface area contributed by atoms with E-state index in [2.05, 4.69) is 0 Å². The van der Waals surface area contributed by atoms with Crippen LogP contribution in [0.3, 0.4) is 0 Å². The van der Waals surface area contributed by atoms with E-state index in [1.54, 1.807) is 12.1 Å². The van der Waals surface area contributed by atoms with Crippen molar-refractivity contribution in [2.45, 2.75) is 25.3 Å². The molecule has 0 bridgehead atoms. The quantitative estimate of drug-likeness (QED) is 0.590. The van der Waals surface area contributed by atoms with Gasteiger partial charge >= 0.3 is 12.1 Å². The maximum absolute atomic E-state index is 12.9. The van der Waals surface area contributed by atoms with Gasteiger partial charge in [0.2, 0.25) is 5.91 Å². The average Bonchev–Trinajstić information content (AvgIpc) is 3.12. The summed E-state index contributed by atoms with van der Waals surface area (Å²) in [5.74, 6) is -2.23. The molecule has 3 aromatic rings. The Morgan fingerprint density at radius 1 is 0.909 bits per heavy atom. The summed E-state index contributed by atoms with van der Waals surface area (Å²) < 4.78 is 5.51. The molecule has 2 amide bonds. The molecule has 0 unspecified atom stereocenters. The van der Waals surface area contributed by atoms with Gasteiger partial charge in [0.25, 0.3) is 0 Å². The number of carbonyl (C=O) groups is 3. The van der Waals surface area contributed by atoms with Crippen LogP contribution in [0.4, 0.5) is 4.79 Å². The molecule has 168 valence electrons. The summed E-state index contributed by atoms with van der Waals surface area (Å²) in [7, 11) is 0. The molecule has 0 fully saturated rings. The van der Waals surface area contributed by atoms with Crippen molar-refractivity contribution in [1.82, 2.24) is 4.90 Å². The zero-order valence-electron chi connectivity index (χ0n) is 18.0. The Morgan fingerprint density at radius 2 is 1.45 bits per heavy atom. The fourth-order valence-corrected chi connectivity index (χ4v) is 4.28. The Hall–Kier alpha value is -4.13. The van der Waals surface area contributed by atoms with Gasteiger partial charge in [0, 0.05) is 19.3 Å². The number of nitrogens with zero attached hydrogens (tertiary/aromatic N) is 1. The highest BCUT2D eigenvalue weighted by Gasteiger charge is 2.36. The van der Waals surface area contributed by atoms with Crippen molar-refractivity contribution in [2.75, 3.05) is 6.61 Å². The van der Waals surface area contributed by atoms with E-state index in [-0.39, 0.29) is 24.7 Å². The second-order valence-corrected chi connectivity index (χ2v) is 7.92. The number of rotatable bonds is 6. The molecule has 3 aromatic carbocycles. The number of phenols is 1. The lowest BCUT2D eigenvalue weighted by molar-refractivity contribution is -0.148. The fourth-order valence-electron chi connectivity index (χ4n) is 4.28. The van der Waals surface area contributed by atoms with Crippen molar-refractivity contribution >= 4 is 18.0 Å². The third-order valence-electron chi connectivity index (χ3n) is 5.83. The number of phenolic OH excluding ortho intramolecular Hbond substituents is 1. The van der Waals surface area contributed by atoms with Crippen molar-refractivity contribution in [1.29, 1.82) is 0 Å². The van der Waals surface area contributed by atoms with Crippen molar-refractivity contribution in [3.05, 3.63) is 89.5 Å². The lowest BCUT2D eigenvalue weighted by atomic mass is 9.98. The van der Waals surface area contributed by atoms with Gasteiger partial charge in [-0.3, -0.25) is 4.79 Å². The number of hydrogen-bond acceptors (Lipinski definition) is 5. The average molecular weight is 445 g/mol. The van der Waals surface area contributed by atoms with E-state index in [4.69, 9.17) is 4.74 Å². The van der Waals surface area contributed by atoms with E-state index in [1.807, 2.05) is 48.5 Å². The molecule has 7 heteroatoms. The summed E-state index contributed by atoms with van der Waals surface area (Å²) in [5.41, 5.74) is 4.71. The van der Waals surface area contributed by atoms with Crippen LogP contribution in [-0.2, 0) is 20.7 Å². The summed E-state index contributed by atoms with van der Waals surface area (Å²) in [5, 5.41) is 19.2. The molecular weight excluding hydrogens is 422 g/mol. The van der Waals surface area contributed by atoms with Crippen molar-refractivity contribution in [3.8, 4) is 16.9 Å². The number of carboxylic acid groups (broad SMARTS) is 1. The van der Waals surface area contributed by atoms with Crippen molar-refractivity contribution in [3.63, 3.8) is 0 Å². The summed E-state index contributed by atoms with van der Waals surface area (Å²) in [6.45, 7) is 1.11. The second kappa shape index (κ2) is 9.16. The molecule has 0 saturated carbocycles. The van der Waals surface area contributed by atoms with Gasteiger partial charge in [-0.2, -0.15) is 0 Å². The maximum Gasteiger partial charge on any atom is 0.417 e. The molecule has 33 heavy (non-hydrogen) atoms. The van der Waals surface area contributed by atoms with E-state index >= 15 is 0 Å². The van der Waals surface area contributed by atoms with E-state index in [0.29, 0.717) is 10.5 Å². The van der Waals surface area contributed by atoms with Crippen LogP contribution in [0.2, 0.25) is 0 Å². The van der Waals surface area contributed by atoms with Gasteiger partial charge in [-0.1, -0.05) is 60.7 Å². The highest BCUT2D eigenvalue weighted by Crippen LogP contribution is 2.44. The summed E-state index contributed by atoms with van der Waals surface area (Å²) >= 11 is 0. The first kappa shape index (κ1) is 22.1. The zero-order chi connectivity index (χ0) is 23.5. The number of amides is 2. The van der Waals surface area contributed by atoms with Gasteiger partial charge in [-0.05, 0) is 39.9 Å². The number of aliphatic carboxylic acids is 1. The van der Waals surface area contributed by atoms with Gasteiger partial charge < -0.3 is 14.9 Å². The Labute approximate surface area is 190 Å². The molecule has 1 aliphatic rings. The van der Waals surface area contributed by atoms with Gasteiger partial charge in [-0.15, -0.1) is 0 Å². The molecule has 0 saturated heterocycles. The number of ether oxygens (including phenoxy) is 1. The summed E-state index contributed by atoms with van der Waals surface area (Å²) in [6.07, 6.45) is -1.12. The minimum atomic E-state index is -1.44.